The molecule has 164 valence electrons. The summed E-state index contributed by atoms with van der Waals surface area (Å²) in [5.41, 5.74) is 2.33. The number of unbranched alkanes of at least 4 members (excludes halogenated alkanes) is 2. The number of hydrogen-bond acceptors (Lipinski definition) is 5. The summed E-state index contributed by atoms with van der Waals surface area (Å²) in [6.07, 6.45) is 5.06. The Morgan fingerprint density at radius 3 is 2.67 bits per heavy atom. The van der Waals surface area contributed by atoms with Crippen molar-refractivity contribution in [2.24, 2.45) is 5.92 Å². The average molecular weight is 417 g/mol. The maximum atomic E-state index is 12.7. The van der Waals surface area contributed by atoms with Crippen LogP contribution in [0, 0.1) is 5.92 Å². The van der Waals surface area contributed by atoms with Gasteiger partial charge in [0.05, 0.1) is 23.0 Å². The molecule has 1 aliphatic heterocycles. The normalized spacial score (nSPS) is 19.4. The molecule has 30 heavy (non-hydrogen) atoms. The van der Waals surface area contributed by atoms with Gasteiger partial charge >= 0.3 is 5.69 Å². The summed E-state index contributed by atoms with van der Waals surface area (Å²) >= 11 is 0. The molecule has 0 saturated carbocycles. The summed E-state index contributed by atoms with van der Waals surface area (Å²) < 4.78 is 7.26. The van der Waals surface area contributed by atoms with Crippen molar-refractivity contribution in [3.8, 4) is 0 Å². The molecular weight excluding hydrogens is 384 g/mol. The number of H-pyrrole nitrogens is 1. The number of hydrogen-bond donors (Lipinski definition) is 3. The molecule has 2 unspecified atom stereocenters. The Balaban J connectivity index is 1.63. The van der Waals surface area contributed by atoms with Gasteiger partial charge in [0, 0.05) is 19.6 Å². The zero-order valence-corrected chi connectivity index (χ0v) is 17.8. The maximum Gasteiger partial charge on any atom is 0.326 e. The lowest BCUT2D eigenvalue weighted by Crippen LogP contribution is -2.46. The smallest absolute Gasteiger partial charge is 0.326 e. The topological polar surface area (TPSA) is 105 Å². The minimum Gasteiger partial charge on any atom is -0.381 e. The molecule has 1 fully saturated rings. The van der Waals surface area contributed by atoms with E-state index in [0.717, 1.165) is 68.5 Å². The van der Waals surface area contributed by atoms with Crippen LogP contribution in [0.2, 0.25) is 0 Å². The van der Waals surface area contributed by atoms with Gasteiger partial charge in [0.15, 0.2) is 0 Å². The molecule has 1 aromatic carbocycles. The molecular formula is C22H32N4O4. The van der Waals surface area contributed by atoms with E-state index in [9.17, 15) is 14.4 Å². The quantitative estimate of drug-likeness (QED) is 0.383. The number of rotatable bonds is 11. The highest BCUT2D eigenvalue weighted by Gasteiger charge is 2.35. The standard InChI is InChI=1S/C22H32N4O4/c1-15-18(14-19(27)24-21(15)28)26-17-10-7-9-16(20(17)25-22(26)29)8-3-5-12-30-13-6-4-11-23-2/h7,9-10,15,18,23H,3-6,8,11-14H2,1-2H3,(H,25,29)(H,24,27,28). The van der Waals surface area contributed by atoms with E-state index in [1.54, 1.807) is 11.5 Å². The monoisotopic (exact) mass is 416 g/mol. The van der Waals surface area contributed by atoms with Gasteiger partial charge in [-0.2, -0.15) is 0 Å². The number of para-hydroxylation sites is 1. The highest BCUT2D eigenvalue weighted by atomic mass is 16.5. The summed E-state index contributed by atoms with van der Waals surface area (Å²) in [6.45, 7) is 4.30. The van der Waals surface area contributed by atoms with Gasteiger partial charge < -0.3 is 15.0 Å². The lowest BCUT2D eigenvalue weighted by atomic mass is 9.93. The molecule has 2 amide bonds. The number of fused-ring (bicyclic) bond motifs is 1. The number of aromatic amines is 1. The first kappa shape index (κ1) is 22.2. The third-order valence-electron chi connectivity index (χ3n) is 5.77. The van der Waals surface area contributed by atoms with Crippen LogP contribution in [0.15, 0.2) is 23.0 Å². The van der Waals surface area contributed by atoms with Crippen molar-refractivity contribution in [1.82, 2.24) is 20.2 Å². The Labute approximate surface area is 176 Å². The van der Waals surface area contributed by atoms with E-state index in [4.69, 9.17) is 4.74 Å². The van der Waals surface area contributed by atoms with Gasteiger partial charge in [0.2, 0.25) is 11.8 Å². The zero-order chi connectivity index (χ0) is 21.5. The molecule has 0 bridgehead atoms. The predicted molar refractivity (Wildman–Crippen MR) is 115 cm³/mol. The summed E-state index contributed by atoms with van der Waals surface area (Å²) in [5.74, 6) is -1.13. The lowest BCUT2D eigenvalue weighted by Gasteiger charge is -2.28. The minimum absolute atomic E-state index is 0.121. The molecule has 1 saturated heterocycles. The molecule has 0 aliphatic carbocycles. The van der Waals surface area contributed by atoms with Crippen molar-refractivity contribution in [3.63, 3.8) is 0 Å². The fraction of sp³-hybridized carbons (Fsp3) is 0.591. The third kappa shape index (κ3) is 5.17. The van der Waals surface area contributed by atoms with Crippen molar-refractivity contribution >= 4 is 22.8 Å². The number of amides is 2. The van der Waals surface area contributed by atoms with Gasteiger partial charge in [-0.05, 0) is 57.3 Å². The molecule has 0 radical (unpaired) electrons. The second-order valence-electron chi connectivity index (χ2n) is 7.96. The Hall–Kier alpha value is -2.45. The van der Waals surface area contributed by atoms with Gasteiger partial charge in [0.25, 0.3) is 0 Å². The minimum atomic E-state index is -0.473. The number of benzene rings is 1. The maximum absolute atomic E-state index is 12.7. The first-order valence-electron chi connectivity index (χ1n) is 10.8. The number of nitrogens with zero attached hydrogens (tertiary/aromatic N) is 1. The molecule has 2 aromatic rings. The predicted octanol–water partition coefficient (Wildman–Crippen LogP) is 1.89. The number of nitrogens with one attached hydrogen (secondary N) is 3. The number of carbonyl (C=O) groups is 2. The number of aryl methyl sites for hydroxylation is 1. The lowest BCUT2D eigenvalue weighted by molar-refractivity contribution is -0.137. The number of carbonyl (C=O) groups excluding carboxylic acids is 2. The molecule has 1 aromatic heterocycles. The summed E-state index contributed by atoms with van der Waals surface area (Å²) in [5, 5.41) is 5.47. The number of ether oxygens (including phenoxy) is 1. The van der Waals surface area contributed by atoms with Crippen molar-refractivity contribution < 1.29 is 14.3 Å². The van der Waals surface area contributed by atoms with E-state index in [1.165, 1.54) is 0 Å². The summed E-state index contributed by atoms with van der Waals surface area (Å²) in [4.78, 5) is 39.6. The van der Waals surface area contributed by atoms with E-state index in [0.29, 0.717) is 0 Å². The highest BCUT2D eigenvalue weighted by molar-refractivity contribution is 5.99. The molecule has 0 spiro atoms. The van der Waals surface area contributed by atoms with Crippen LogP contribution in [0.25, 0.3) is 11.0 Å². The number of imide groups is 1. The van der Waals surface area contributed by atoms with E-state index in [2.05, 4.69) is 15.6 Å². The number of piperidine rings is 1. The van der Waals surface area contributed by atoms with Crippen molar-refractivity contribution in [3.05, 3.63) is 34.2 Å². The van der Waals surface area contributed by atoms with Crippen LogP contribution in [0.4, 0.5) is 0 Å². The van der Waals surface area contributed by atoms with Gasteiger partial charge in [-0.3, -0.25) is 19.5 Å². The molecule has 2 atom stereocenters. The Morgan fingerprint density at radius 1 is 1.13 bits per heavy atom. The molecule has 8 nitrogen and oxygen atoms in total. The SMILES string of the molecule is CNCCCCOCCCCc1cccc2c1[nH]c(=O)n2C1CC(=O)NC(=O)C1C. The zero-order valence-electron chi connectivity index (χ0n) is 17.8. The second kappa shape index (κ2) is 10.5. The van der Waals surface area contributed by atoms with E-state index in [-0.39, 0.29) is 23.9 Å². The van der Waals surface area contributed by atoms with Crippen molar-refractivity contribution in [2.45, 2.75) is 51.5 Å². The van der Waals surface area contributed by atoms with Gasteiger partial charge in [-0.15, -0.1) is 0 Å². The Kier molecular flexibility index (Phi) is 7.81. The summed E-state index contributed by atoms with van der Waals surface area (Å²) in [6, 6.07) is 5.34. The van der Waals surface area contributed by atoms with Gasteiger partial charge in [0.1, 0.15) is 0 Å². The molecule has 3 rings (SSSR count). The van der Waals surface area contributed by atoms with E-state index >= 15 is 0 Å². The van der Waals surface area contributed by atoms with Crippen molar-refractivity contribution in [1.29, 1.82) is 0 Å². The number of imidazole rings is 1. The van der Waals surface area contributed by atoms with Crippen LogP contribution in [-0.4, -0.2) is 48.2 Å². The first-order valence-corrected chi connectivity index (χ1v) is 10.8. The number of aromatic nitrogens is 2. The third-order valence-corrected chi connectivity index (χ3v) is 5.77. The average Bonchev–Trinajstić information content (AvgIpc) is 3.06. The van der Waals surface area contributed by atoms with Crippen LogP contribution in [-0.2, 0) is 20.7 Å². The fourth-order valence-corrected chi connectivity index (χ4v) is 4.03. The van der Waals surface area contributed by atoms with Crippen LogP contribution < -0.4 is 16.3 Å². The Bertz CT molecular complexity index is 933. The fourth-order valence-electron chi connectivity index (χ4n) is 4.03. The first-order chi connectivity index (χ1) is 14.5. The van der Waals surface area contributed by atoms with Crippen LogP contribution in [0.1, 0.15) is 50.6 Å². The van der Waals surface area contributed by atoms with Crippen LogP contribution in [0.5, 0.6) is 0 Å². The van der Waals surface area contributed by atoms with Gasteiger partial charge in [-0.1, -0.05) is 19.1 Å². The van der Waals surface area contributed by atoms with Gasteiger partial charge in [-0.25, -0.2) is 4.79 Å². The van der Waals surface area contributed by atoms with E-state index < -0.39 is 12.0 Å². The second-order valence-corrected chi connectivity index (χ2v) is 7.96. The molecule has 3 N–H and O–H groups in total. The molecule has 2 heterocycles. The van der Waals surface area contributed by atoms with Crippen LogP contribution >= 0.6 is 0 Å². The molecule has 1 aliphatic rings. The largest absolute Gasteiger partial charge is 0.381 e. The van der Waals surface area contributed by atoms with Crippen LogP contribution in [0.3, 0.4) is 0 Å². The molecule has 8 heteroatoms. The van der Waals surface area contributed by atoms with E-state index in [1.807, 2.05) is 25.2 Å². The highest BCUT2D eigenvalue weighted by Crippen LogP contribution is 2.29. The Morgan fingerprint density at radius 2 is 1.90 bits per heavy atom. The van der Waals surface area contributed by atoms with Crippen molar-refractivity contribution in [2.75, 3.05) is 26.8 Å². The summed E-state index contributed by atoms with van der Waals surface area (Å²) in [7, 11) is 1.95.